The van der Waals surface area contributed by atoms with Gasteiger partial charge in [-0.3, -0.25) is 13.9 Å². The fourth-order valence-corrected chi connectivity index (χ4v) is 6.70. The van der Waals surface area contributed by atoms with Crippen LogP contribution in [0.4, 0.5) is 5.69 Å². The van der Waals surface area contributed by atoms with Crippen molar-refractivity contribution < 1.29 is 27.5 Å². The van der Waals surface area contributed by atoms with E-state index in [1.165, 1.54) is 17.0 Å². The molecule has 0 aromatic heterocycles. The molecule has 0 fully saturated rings. The molecule has 1 N–H and O–H groups in total. The number of methoxy groups -OCH3 is 1. The van der Waals surface area contributed by atoms with Crippen LogP contribution >= 0.6 is 15.9 Å². The van der Waals surface area contributed by atoms with Crippen LogP contribution in [0.1, 0.15) is 31.4 Å². The molecule has 11 heteroatoms. The molecule has 0 spiro atoms. The van der Waals surface area contributed by atoms with Crippen molar-refractivity contribution in [2.75, 3.05) is 31.1 Å². The minimum Gasteiger partial charge on any atom is -0.497 e. The number of amides is 2. The molecule has 47 heavy (non-hydrogen) atoms. The van der Waals surface area contributed by atoms with E-state index in [1.807, 2.05) is 56.3 Å². The molecule has 2 amide bonds. The first-order chi connectivity index (χ1) is 22.7. The zero-order chi connectivity index (χ0) is 33.8. The van der Waals surface area contributed by atoms with Crippen LogP contribution in [0.15, 0.2) is 112 Å². The molecule has 0 aliphatic carbocycles. The van der Waals surface area contributed by atoms with Crippen molar-refractivity contribution in [2.45, 2.75) is 44.2 Å². The van der Waals surface area contributed by atoms with Crippen molar-refractivity contribution in [3.63, 3.8) is 0 Å². The lowest BCUT2D eigenvalue weighted by molar-refractivity contribution is -0.140. The number of carbonyl (C=O) groups excluding carboxylic acids is 2. The fourth-order valence-electron chi connectivity index (χ4n) is 5.03. The monoisotopic (exact) mass is 721 g/mol. The molecule has 248 valence electrons. The molecule has 0 aliphatic heterocycles. The van der Waals surface area contributed by atoms with E-state index in [0.29, 0.717) is 35.5 Å². The van der Waals surface area contributed by atoms with Crippen LogP contribution in [-0.4, -0.2) is 58.0 Å². The van der Waals surface area contributed by atoms with Crippen molar-refractivity contribution in [3.8, 4) is 11.5 Å². The number of carbonyl (C=O) groups is 2. The van der Waals surface area contributed by atoms with Gasteiger partial charge in [0, 0.05) is 24.0 Å². The van der Waals surface area contributed by atoms with E-state index < -0.39 is 28.5 Å². The molecule has 1 unspecified atom stereocenters. The zero-order valence-electron chi connectivity index (χ0n) is 26.8. The van der Waals surface area contributed by atoms with Crippen LogP contribution in [0.25, 0.3) is 0 Å². The molecule has 0 heterocycles. The molecule has 1 atom stereocenters. The SMILES string of the molecule is CCCNC(=O)C(Cc1ccccc1)N(Cc1cccc(OC)c1)C(=O)CN(c1ccc(OCC)cc1)S(=O)(=O)c1ccc(Br)cc1. The number of halogens is 1. The Morgan fingerprint density at radius 2 is 1.53 bits per heavy atom. The lowest BCUT2D eigenvalue weighted by Crippen LogP contribution is -2.53. The van der Waals surface area contributed by atoms with Gasteiger partial charge in [0.1, 0.15) is 24.1 Å². The van der Waals surface area contributed by atoms with E-state index in [-0.39, 0.29) is 29.5 Å². The molecule has 0 radical (unpaired) electrons. The topological polar surface area (TPSA) is 105 Å². The summed E-state index contributed by atoms with van der Waals surface area (Å²) in [5, 5.41) is 2.95. The second kappa shape index (κ2) is 17.0. The van der Waals surface area contributed by atoms with Crippen LogP contribution in [0.3, 0.4) is 0 Å². The van der Waals surface area contributed by atoms with Crippen molar-refractivity contribution in [1.29, 1.82) is 0 Å². The number of anilines is 1. The number of benzene rings is 4. The first-order valence-corrected chi connectivity index (χ1v) is 17.6. The third-order valence-corrected chi connectivity index (χ3v) is 9.74. The molecule has 9 nitrogen and oxygen atoms in total. The highest BCUT2D eigenvalue weighted by atomic mass is 79.9. The number of hydrogen-bond donors (Lipinski definition) is 1. The Bertz CT molecular complexity index is 1720. The normalized spacial score (nSPS) is 11.7. The maximum absolute atomic E-state index is 14.6. The van der Waals surface area contributed by atoms with Gasteiger partial charge < -0.3 is 19.7 Å². The van der Waals surface area contributed by atoms with E-state index >= 15 is 0 Å². The molecule has 0 saturated carbocycles. The average molecular weight is 723 g/mol. The summed E-state index contributed by atoms with van der Waals surface area (Å²) in [6, 6.07) is 28.5. The van der Waals surface area contributed by atoms with Gasteiger partial charge in [-0.05, 0) is 85.1 Å². The second-order valence-corrected chi connectivity index (χ2v) is 13.5. The van der Waals surface area contributed by atoms with Crippen LogP contribution in [0.2, 0.25) is 0 Å². The predicted molar refractivity (Wildman–Crippen MR) is 187 cm³/mol. The highest BCUT2D eigenvalue weighted by Gasteiger charge is 2.34. The smallest absolute Gasteiger partial charge is 0.264 e. The molecule has 0 saturated heterocycles. The highest BCUT2D eigenvalue weighted by Crippen LogP contribution is 2.28. The Kier molecular flexibility index (Phi) is 12.8. The Labute approximate surface area is 285 Å². The van der Waals surface area contributed by atoms with E-state index in [4.69, 9.17) is 9.47 Å². The maximum Gasteiger partial charge on any atom is 0.264 e. The molecular weight excluding hydrogens is 682 g/mol. The summed E-state index contributed by atoms with van der Waals surface area (Å²) < 4.78 is 41.2. The summed E-state index contributed by atoms with van der Waals surface area (Å²) in [6.45, 7) is 4.18. The van der Waals surface area contributed by atoms with Gasteiger partial charge in [-0.2, -0.15) is 0 Å². The lowest BCUT2D eigenvalue weighted by atomic mass is 10.0. The maximum atomic E-state index is 14.6. The molecule has 4 aromatic rings. The Morgan fingerprint density at radius 3 is 2.17 bits per heavy atom. The van der Waals surface area contributed by atoms with Crippen molar-refractivity contribution in [2.24, 2.45) is 0 Å². The van der Waals surface area contributed by atoms with Crippen molar-refractivity contribution >= 4 is 43.5 Å². The summed E-state index contributed by atoms with van der Waals surface area (Å²) in [5.74, 6) is 0.294. The fraction of sp³-hybridized carbons (Fsp3) is 0.278. The standard InChI is InChI=1S/C36H40BrN3O6S/c1-4-22-38-36(42)34(24-27-10-7-6-8-11-27)39(25-28-12-9-13-32(23-28)45-3)35(41)26-40(30-16-18-31(19-17-30)46-5-2)47(43,44)33-20-14-29(37)15-21-33/h6-21,23,34H,4-5,22,24-26H2,1-3H3,(H,38,42). The van der Waals surface area contributed by atoms with Crippen LogP contribution in [0, 0.1) is 0 Å². The largest absolute Gasteiger partial charge is 0.497 e. The van der Waals surface area contributed by atoms with Crippen LogP contribution < -0.4 is 19.1 Å². The van der Waals surface area contributed by atoms with Gasteiger partial charge in [0.2, 0.25) is 11.8 Å². The Balaban J connectivity index is 1.80. The van der Waals surface area contributed by atoms with E-state index in [2.05, 4.69) is 21.2 Å². The molecule has 0 aliphatic rings. The van der Waals surface area contributed by atoms with Gasteiger partial charge in [0.15, 0.2) is 0 Å². The second-order valence-electron chi connectivity index (χ2n) is 10.8. The van der Waals surface area contributed by atoms with Gasteiger partial charge in [-0.1, -0.05) is 65.3 Å². The van der Waals surface area contributed by atoms with E-state index in [0.717, 1.165) is 15.4 Å². The average Bonchev–Trinajstić information content (AvgIpc) is 3.08. The summed E-state index contributed by atoms with van der Waals surface area (Å²) >= 11 is 3.36. The number of nitrogens with zero attached hydrogens (tertiary/aromatic N) is 2. The van der Waals surface area contributed by atoms with Gasteiger partial charge in [0.25, 0.3) is 10.0 Å². The lowest BCUT2D eigenvalue weighted by Gasteiger charge is -2.34. The molecular formula is C36H40BrN3O6S. The summed E-state index contributed by atoms with van der Waals surface area (Å²) in [5.41, 5.74) is 1.86. The van der Waals surface area contributed by atoms with Gasteiger partial charge >= 0.3 is 0 Å². The zero-order valence-corrected chi connectivity index (χ0v) is 29.2. The molecule has 0 bridgehead atoms. The first-order valence-electron chi connectivity index (χ1n) is 15.4. The number of hydrogen-bond acceptors (Lipinski definition) is 6. The predicted octanol–water partition coefficient (Wildman–Crippen LogP) is 6.22. The van der Waals surface area contributed by atoms with E-state index in [1.54, 1.807) is 55.6 Å². The summed E-state index contributed by atoms with van der Waals surface area (Å²) in [4.78, 5) is 29.8. The summed E-state index contributed by atoms with van der Waals surface area (Å²) in [7, 11) is -2.67. The number of sulfonamides is 1. The first kappa shape index (κ1) is 35.5. The summed E-state index contributed by atoms with van der Waals surface area (Å²) in [6.07, 6.45) is 0.944. The van der Waals surface area contributed by atoms with Crippen LogP contribution in [-0.2, 0) is 32.6 Å². The Hall–Kier alpha value is -4.35. The van der Waals surface area contributed by atoms with Gasteiger partial charge in [-0.25, -0.2) is 8.42 Å². The molecule has 4 aromatic carbocycles. The quantitative estimate of drug-likeness (QED) is 0.147. The van der Waals surface area contributed by atoms with Gasteiger partial charge in [-0.15, -0.1) is 0 Å². The van der Waals surface area contributed by atoms with Crippen molar-refractivity contribution in [1.82, 2.24) is 10.2 Å². The molecule has 4 rings (SSSR count). The number of rotatable bonds is 16. The van der Waals surface area contributed by atoms with Crippen molar-refractivity contribution in [3.05, 3.63) is 119 Å². The van der Waals surface area contributed by atoms with Crippen LogP contribution in [0.5, 0.6) is 11.5 Å². The third-order valence-electron chi connectivity index (χ3n) is 7.42. The van der Waals surface area contributed by atoms with Gasteiger partial charge in [0.05, 0.1) is 24.3 Å². The minimum absolute atomic E-state index is 0.0169. The van der Waals surface area contributed by atoms with E-state index in [9.17, 15) is 18.0 Å². The highest BCUT2D eigenvalue weighted by molar-refractivity contribution is 9.10. The number of nitrogens with one attached hydrogen (secondary N) is 1. The Morgan fingerprint density at radius 1 is 0.851 bits per heavy atom. The minimum atomic E-state index is -4.22. The number of ether oxygens (including phenoxy) is 2. The third kappa shape index (κ3) is 9.59.